The highest BCUT2D eigenvalue weighted by molar-refractivity contribution is 5.06. The molecule has 3 heterocycles. The third kappa shape index (κ3) is 2.73. The highest BCUT2D eigenvalue weighted by atomic mass is 16.5. The monoisotopic (exact) mass is 281 g/mol. The van der Waals surface area contributed by atoms with Crippen LogP contribution in [0.1, 0.15) is 50.2 Å². The second-order valence-corrected chi connectivity index (χ2v) is 5.54. The lowest BCUT2D eigenvalue weighted by Gasteiger charge is -2.33. The molecule has 1 N–H and O–H groups in total. The minimum atomic E-state index is -0.420. The van der Waals surface area contributed by atoms with Crippen LogP contribution in [0.15, 0.2) is 4.52 Å². The van der Waals surface area contributed by atoms with Gasteiger partial charge in [0.1, 0.15) is 5.60 Å². The van der Waals surface area contributed by atoms with E-state index in [9.17, 15) is 0 Å². The summed E-state index contributed by atoms with van der Waals surface area (Å²) in [6.07, 6.45) is 3.86. The molecule has 2 aliphatic heterocycles. The molecular weight excluding hydrogens is 258 g/mol. The molecule has 0 spiro atoms. The molecule has 0 aromatic carbocycles. The zero-order valence-electron chi connectivity index (χ0n) is 12.1. The summed E-state index contributed by atoms with van der Waals surface area (Å²) < 4.78 is 16.9. The summed E-state index contributed by atoms with van der Waals surface area (Å²) >= 11 is 0. The van der Waals surface area contributed by atoms with Gasteiger partial charge in [-0.2, -0.15) is 4.98 Å². The largest absolute Gasteiger partial charge is 0.381 e. The van der Waals surface area contributed by atoms with Gasteiger partial charge in [-0.05, 0) is 26.3 Å². The van der Waals surface area contributed by atoms with Gasteiger partial charge in [0, 0.05) is 39.2 Å². The van der Waals surface area contributed by atoms with Gasteiger partial charge in [0.05, 0.1) is 5.92 Å². The van der Waals surface area contributed by atoms with E-state index >= 15 is 0 Å². The number of nitrogens with zero attached hydrogens (tertiary/aromatic N) is 2. The Labute approximate surface area is 119 Å². The maximum atomic E-state index is 5.98. The normalized spacial score (nSPS) is 26.6. The Kier molecular flexibility index (Phi) is 4.33. The SMILES string of the molecule is CCOC1(c2noc([C@H]3CCCNC3)n2)CCOCC1. The molecular formula is C14H23N3O3. The molecule has 112 valence electrons. The maximum Gasteiger partial charge on any atom is 0.231 e. The number of nitrogens with one attached hydrogen (secondary N) is 1. The van der Waals surface area contributed by atoms with E-state index in [0.29, 0.717) is 31.6 Å². The van der Waals surface area contributed by atoms with Gasteiger partial charge in [0.15, 0.2) is 0 Å². The number of aromatic nitrogens is 2. The average molecular weight is 281 g/mol. The first-order valence-corrected chi connectivity index (χ1v) is 7.60. The summed E-state index contributed by atoms with van der Waals surface area (Å²) in [6, 6.07) is 0. The predicted molar refractivity (Wildman–Crippen MR) is 72.5 cm³/mol. The number of hydrogen-bond donors (Lipinski definition) is 1. The number of piperidine rings is 1. The van der Waals surface area contributed by atoms with Gasteiger partial charge >= 0.3 is 0 Å². The quantitative estimate of drug-likeness (QED) is 0.903. The fourth-order valence-electron chi connectivity index (χ4n) is 3.06. The topological polar surface area (TPSA) is 69.4 Å². The Morgan fingerprint density at radius 2 is 2.25 bits per heavy atom. The van der Waals surface area contributed by atoms with Crippen LogP contribution in [0.25, 0.3) is 0 Å². The second-order valence-electron chi connectivity index (χ2n) is 5.54. The van der Waals surface area contributed by atoms with E-state index in [4.69, 9.17) is 14.0 Å². The molecule has 0 bridgehead atoms. The molecule has 2 saturated heterocycles. The molecule has 0 radical (unpaired) electrons. The molecule has 2 fully saturated rings. The minimum Gasteiger partial charge on any atom is -0.381 e. The first-order valence-electron chi connectivity index (χ1n) is 7.60. The predicted octanol–water partition coefficient (Wildman–Crippen LogP) is 1.58. The van der Waals surface area contributed by atoms with Crippen molar-refractivity contribution in [2.24, 2.45) is 0 Å². The van der Waals surface area contributed by atoms with Crippen LogP contribution in [-0.2, 0) is 15.1 Å². The third-order valence-electron chi connectivity index (χ3n) is 4.22. The summed E-state index contributed by atoms with van der Waals surface area (Å²) in [6.45, 7) is 6.03. The summed E-state index contributed by atoms with van der Waals surface area (Å²) in [5.74, 6) is 1.78. The smallest absolute Gasteiger partial charge is 0.231 e. The van der Waals surface area contributed by atoms with Crippen molar-refractivity contribution in [3.8, 4) is 0 Å². The Bertz CT molecular complexity index is 418. The van der Waals surface area contributed by atoms with Crippen LogP contribution < -0.4 is 5.32 Å². The van der Waals surface area contributed by atoms with E-state index in [-0.39, 0.29) is 0 Å². The Balaban J connectivity index is 1.79. The molecule has 2 aliphatic rings. The van der Waals surface area contributed by atoms with Crippen LogP contribution in [-0.4, -0.2) is 43.1 Å². The van der Waals surface area contributed by atoms with E-state index in [0.717, 1.165) is 44.7 Å². The van der Waals surface area contributed by atoms with Crippen LogP contribution in [0.3, 0.4) is 0 Å². The van der Waals surface area contributed by atoms with Crippen molar-refractivity contribution in [2.45, 2.75) is 44.1 Å². The van der Waals surface area contributed by atoms with E-state index < -0.39 is 5.60 Å². The fourth-order valence-corrected chi connectivity index (χ4v) is 3.06. The van der Waals surface area contributed by atoms with Crippen LogP contribution in [0, 0.1) is 0 Å². The standard InChI is InChI=1S/C14H23N3O3/c1-2-19-14(5-8-18-9-6-14)13-16-12(20-17-13)11-4-3-7-15-10-11/h11,15H,2-10H2,1H3/t11-/m0/s1. The summed E-state index contributed by atoms with van der Waals surface area (Å²) in [5.41, 5.74) is -0.420. The number of ether oxygens (including phenoxy) is 2. The van der Waals surface area contributed by atoms with E-state index in [2.05, 4.69) is 15.5 Å². The van der Waals surface area contributed by atoms with Gasteiger partial charge in [0.2, 0.25) is 11.7 Å². The number of rotatable bonds is 4. The molecule has 6 nitrogen and oxygen atoms in total. The van der Waals surface area contributed by atoms with Gasteiger partial charge in [-0.1, -0.05) is 5.16 Å². The van der Waals surface area contributed by atoms with Gasteiger partial charge in [-0.3, -0.25) is 0 Å². The molecule has 20 heavy (non-hydrogen) atoms. The van der Waals surface area contributed by atoms with Crippen LogP contribution in [0.5, 0.6) is 0 Å². The lowest BCUT2D eigenvalue weighted by molar-refractivity contribution is -0.118. The van der Waals surface area contributed by atoms with Crippen LogP contribution >= 0.6 is 0 Å². The average Bonchev–Trinajstić information content (AvgIpc) is 3.00. The lowest BCUT2D eigenvalue weighted by atomic mass is 9.93. The van der Waals surface area contributed by atoms with Crippen molar-refractivity contribution in [1.29, 1.82) is 0 Å². The first-order chi connectivity index (χ1) is 9.84. The molecule has 1 aromatic rings. The van der Waals surface area contributed by atoms with E-state index in [1.807, 2.05) is 6.92 Å². The van der Waals surface area contributed by atoms with Crippen molar-refractivity contribution >= 4 is 0 Å². The molecule has 0 amide bonds. The maximum absolute atomic E-state index is 5.98. The van der Waals surface area contributed by atoms with Crippen molar-refractivity contribution in [3.05, 3.63) is 11.7 Å². The summed E-state index contributed by atoms with van der Waals surface area (Å²) in [5, 5.41) is 7.59. The zero-order chi connectivity index (χ0) is 13.8. The van der Waals surface area contributed by atoms with E-state index in [1.54, 1.807) is 0 Å². The fraction of sp³-hybridized carbons (Fsp3) is 0.857. The van der Waals surface area contributed by atoms with Crippen molar-refractivity contribution < 1.29 is 14.0 Å². The first kappa shape index (κ1) is 14.0. The van der Waals surface area contributed by atoms with Gasteiger partial charge < -0.3 is 19.3 Å². The Morgan fingerprint density at radius 3 is 2.95 bits per heavy atom. The minimum absolute atomic E-state index is 0.337. The Morgan fingerprint density at radius 1 is 1.40 bits per heavy atom. The molecule has 0 saturated carbocycles. The van der Waals surface area contributed by atoms with Crippen LogP contribution in [0.2, 0.25) is 0 Å². The van der Waals surface area contributed by atoms with Gasteiger partial charge in [0.25, 0.3) is 0 Å². The Hall–Kier alpha value is -0.980. The molecule has 6 heteroatoms. The van der Waals surface area contributed by atoms with Crippen molar-refractivity contribution in [3.63, 3.8) is 0 Å². The van der Waals surface area contributed by atoms with Gasteiger partial charge in [-0.15, -0.1) is 0 Å². The molecule has 0 aliphatic carbocycles. The number of hydrogen-bond acceptors (Lipinski definition) is 6. The molecule has 1 atom stereocenters. The van der Waals surface area contributed by atoms with Crippen molar-refractivity contribution in [2.75, 3.05) is 32.9 Å². The molecule has 3 rings (SSSR count). The summed E-state index contributed by atoms with van der Waals surface area (Å²) in [4.78, 5) is 4.65. The second kappa shape index (κ2) is 6.20. The summed E-state index contributed by atoms with van der Waals surface area (Å²) in [7, 11) is 0. The van der Waals surface area contributed by atoms with Crippen LogP contribution in [0.4, 0.5) is 0 Å². The zero-order valence-corrected chi connectivity index (χ0v) is 12.1. The third-order valence-corrected chi connectivity index (χ3v) is 4.22. The highest BCUT2D eigenvalue weighted by Crippen LogP contribution is 2.35. The highest BCUT2D eigenvalue weighted by Gasteiger charge is 2.40. The van der Waals surface area contributed by atoms with Gasteiger partial charge in [-0.25, -0.2) is 0 Å². The molecule has 0 unspecified atom stereocenters. The van der Waals surface area contributed by atoms with E-state index in [1.165, 1.54) is 0 Å². The van der Waals surface area contributed by atoms with Crippen molar-refractivity contribution in [1.82, 2.24) is 15.5 Å². The lowest BCUT2D eigenvalue weighted by Crippen LogP contribution is -2.37. The molecule has 1 aromatic heterocycles.